The summed E-state index contributed by atoms with van der Waals surface area (Å²) in [4.78, 5) is 2.44. The lowest BCUT2D eigenvalue weighted by Crippen LogP contribution is -2.48. The SMILES string of the molecule is CN1CC(CCCO)CC(NCC2CC2)C1. The van der Waals surface area contributed by atoms with Gasteiger partial charge in [0.1, 0.15) is 0 Å². The number of piperidine rings is 1. The van der Waals surface area contributed by atoms with Crippen LogP contribution in [0, 0.1) is 11.8 Å². The minimum atomic E-state index is 0.348. The largest absolute Gasteiger partial charge is 0.396 e. The van der Waals surface area contributed by atoms with Gasteiger partial charge >= 0.3 is 0 Å². The van der Waals surface area contributed by atoms with Gasteiger partial charge in [0.2, 0.25) is 0 Å². The van der Waals surface area contributed by atoms with Crippen LogP contribution in [-0.4, -0.2) is 49.3 Å². The highest BCUT2D eigenvalue weighted by atomic mass is 16.2. The maximum Gasteiger partial charge on any atom is 0.0431 e. The number of nitrogens with zero attached hydrogens (tertiary/aromatic N) is 1. The Bertz CT molecular complexity index is 206. The van der Waals surface area contributed by atoms with Gasteiger partial charge < -0.3 is 15.3 Å². The van der Waals surface area contributed by atoms with Gasteiger partial charge in [-0.2, -0.15) is 0 Å². The predicted octanol–water partition coefficient (Wildman–Crippen LogP) is 1.08. The smallest absolute Gasteiger partial charge is 0.0431 e. The molecule has 3 heteroatoms. The Morgan fingerprint density at radius 1 is 1.25 bits per heavy atom. The van der Waals surface area contributed by atoms with Gasteiger partial charge in [-0.05, 0) is 57.5 Å². The number of likely N-dealkylation sites (N-methyl/N-ethyl adjacent to an activating group) is 1. The van der Waals surface area contributed by atoms with E-state index in [-0.39, 0.29) is 0 Å². The van der Waals surface area contributed by atoms with Crippen LogP contribution in [-0.2, 0) is 0 Å². The number of nitrogens with one attached hydrogen (secondary N) is 1. The average molecular weight is 226 g/mol. The summed E-state index contributed by atoms with van der Waals surface area (Å²) in [7, 11) is 2.22. The molecule has 2 unspecified atom stereocenters. The minimum Gasteiger partial charge on any atom is -0.396 e. The van der Waals surface area contributed by atoms with Crippen molar-refractivity contribution in [3.63, 3.8) is 0 Å². The van der Waals surface area contributed by atoms with Crippen molar-refractivity contribution >= 4 is 0 Å². The van der Waals surface area contributed by atoms with Gasteiger partial charge in [0.15, 0.2) is 0 Å². The fourth-order valence-electron chi connectivity index (χ4n) is 2.84. The Hall–Kier alpha value is -0.120. The molecule has 0 aromatic carbocycles. The monoisotopic (exact) mass is 226 g/mol. The van der Waals surface area contributed by atoms with Crippen LogP contribution < -0.4 is 5.32 Å². The van der Waals surface area contributed by atoms with Crippen LogP contribution in [0.5, 0.6) is 0 Å². The molecule has 16 heavy (non-hydrogen) atoms. The first-order chi connectivity index (χ1) is 7.78. The van der Waals surface area contributed by atoms with Crippen molar-refractivity contribution in [1.29, 1.82) is 0 Å². The van der Waals surface area contributed by atoms with Crippen molar-refractivity contribution in [3.05, 3.63) is 0 Å². The van der Waals surface area contributed by atoms with Crippen molar-refractivity contribution in [2.45, 2.75) is 38.1 Å². The van der Waals surface area contributed by atoms with E-state index >= 15 is 0 Å². The van der Waals surface area contributed by atoms with E-state index < -0.39 is 0 Å². The van der Waals surface area contributed by atoms with Crippen LogP contribution in [0.25, 0.3) is 0 Å². The highest BCUT2D eigenvalue weighted by Crippen LogP contribution is 2.28. The molecule has 1 aliphatic heterocycles. The molecule has 0 bridgehead atoms. The fourth-order valence-corrected chi connectivity index (χ4v) is 2.84. The molecule has 0 radical (unpaired) electrons. The first kappa shape index (κ1) is 12.3. The fraction of sp³-hybridized carbons (Fsp3) is 1.00. The average Bonchev–Trinajstić information content (AvgIpc) is 3.07. The number of hydrogen-bond donors (Lipinski definition) is 2. The topological polar surface area (TPSA) is 35.5 Å². The normalized spacial score (nSPS) is 31.9. The summed E-state index contributed by atoms with van der Waals surface area (Å²) in [6.45, 7) is 3.98. The second kappa shape index (κ2) is 5.99. The summed E-state index contributed by atoms with van der Waals surface area (Å²) in [5, 5.41) is 12.6. The van der Waals surface area contributed by atoms with Crippen molar-refractivity contribution in [2.24, 2.45) is 11.8 Å². The molecule has 1 saturated heterocycles. The van der Waals surface area contributed by atoms with Crippen LogP contribution in [0.15, 0.2) is 0 Å². The summed E-state index contributed by atoms with van der Waals surface area (Å²) in [6, 6.07) is 0.683. The molecule has 1 heterocycles. The first-order valence-electron chi connectivity index (χ1n) is 6.80. The molecule has 0 spiro atoms. The molecule has 1 saturated carbocycles. The van der Waals surface area contributed by atoms with Gasteiger partial charge in [-0.15, -0.1) is 0 Å². The third-order valence-corrected chi connectivity index (χ3v) is 3.88. The summed E-state index contributed by atoms with van der Waals surface area (Å²) in [5.41, 5.74) is 0. The third-order valence-electron chi connectivity index (χ3n) is 3.88. The number of aliphatic hydroxyl groups is 1. The molecule has 2 rings (SSSR count). The van der Waals surface area contributed by atoms with Gasteiger partial charge in [0, 0.05) is 25.7 Å². The quantitative estimate of drug-likeness (QED) is 0.711. The van der Waals surface area contributed by atoms with Gasteiger partial charge in [-0.3, -0.25) is 0 Å². The molecule has 2 aliphatic rings. The van der Waals surface area contributed by atoms with E-state index in [1.807, 2.05) is 0 Å². The van der Waals surface area contributed by atoms with E-state index in [2.05, 4.69) is 17.3 Å². The molecule has 3 nitrogen and oxygen atoms in total. The summed E-state index contributed by atoms with van der Waals surface area (Å²) >= 11 is 0. The summed E-state index contributed by atoms with van der Waals surface area (Å²) in [5.74, 6) is 1.76. The van der Waals surface area contributed by atoms with E-state index in [0.717, 1.165) is 18.3 Å². The molecule has 2 fully saturated rings. The Kier molecular flexibility index (Phi) is 4.62. The molecule has 0 amide bonds. The number of hydrogen-bond acceptors (Lipinski definition) is 3. The standard InChI is InChI=1S/C13H26N2O/c1-15-9-12(3-2-6-16)7-13(10-15)14-8-11-4-5-11/h11-14,16H,2-10H2,1H3. The molecule has 0 aromatic rings. The lowest BCUT2D eigenvalue weighted by Gasteiger charge is -2.36. The Morgan fingerprint density at radius 2 is 2.06 bits per heavy atom. The van der Waals surface area contributed by atoms with E-state index in [9.17, 15) is 0 Å². The zero-order valence-electron chi connectivity index (χ0n) is 10.5. The molecule has 94 valence electrons. The van der Waals surface area contributed by atoms with E-state index in [4.69, 9.17) is 5.11 Å². The molecule has 0 aromatic heterocycles. The maximum atomic E-state index is 8.88. The van der Waals surface area contributed by atoms with Gasteiger partial charge in [-0.1, -0.05) is 0 Å². The molecular weight excluding hydrogens is 200 g/mol. The molecule has 2 atom stereocenters. The van der Waals surface area contributed by atoms with Crippen LogP contribution in [0.1, 0.15) is 32.1 Å². The molecular formula is C13H26N2O. The minimum absolute atomic E-state index is 0.348. The number of aliphatic hydroxyl groups excluding tert-OH is 1. The van der Waals surface area contributed by atoms with Crippen LogP contribution in [0.2, 0.25) is 0 Å². The second-order valence-corrected chi connectivity index (χ2v) is 5.74. The van der Waals surface area contributed by atoms with Gasteiger partial charge in [0.05, 0.1) is 0 Å². The van der Waals surface area contributed by atoms with Crippen molar-refractivity contribution in [2.75, 3.05) is 33.3 Å². The van der Waals surface area contributed by atoms with Crippen LogP contribution in [0.3, 0.4) is 0 Å². The Morgan fingerprint density at radius 3 is 2.75 bits per heavy atom. The highest BCUT2D eigenvalue weighted by molar-refractivity contribution is 4.84. The van der Waals surface area contributed by atoms with Gasteiger partial charge in [0.25, 0.3) is 0 Å². The van der Waals surface area contributed by atoms with E-state index in [1.54, 1.807) is 0 Å². The predicted molar refractivity (Wildman–Crippen MR) is 66.4 cm³/mol. The van der Waals surface area contributed by atoms with E-state index in [0.29, 0.717) is 12.6 Å². The van der Waals surface area contributed by atoms with Gasteiger partial charge in [-0.25, -0.2) is 0 Å². The van der Waals surface area contributed by atoms with Crippen molar-refractivity contribution < 1.29 is 5.11 Å². The zero-order valence-corrected chi connectivity index (χ0v) is 10.5. The van der Waals surface area contributed by atoms with Crippen molar-refractivity contribution in [1.82, 2.24) is 10.2 Å². The zero-order chi connectivity index (χ0) is 11.4. The van der Waals surface area contributed by atoms with Crippen molar-refractivity contribution in [3.8, 4) is 0 Å². The van der Waals surface area contributed by atoms with Crippen LogP contribution >= 0.6 is 0 Å². The lowest BCUT2D eigenvalue weighted by atomic mass is 9.90. The lowest BCUT2D eigenvalue weighted by molar-refractivity contribution is 0.153. The first-order valence-corrected chi connectivity index (χ1v) is 6.80. The summed E-state index contributed by atoms with van der Waals surface area (Å²) in [6.07, 6.45) is 6.32. The second-order valence-electron chi connectivity index (χ2n) is 5.74. The molecule has 2 N–H and O–H groups in total. The maximum absolute atomic E-state index is 8.88. The Balaban J connectivity index is 1.69. The Labute approximate surface area is 99.2 Å². The number of rotatable bonds is 6. The number of likely N-dealkylation sites (tertiary alicyclic amines) is 1. The highest BCUT2D eigenvalue weighted by Gasteiger charge is 2.27. The van der Waals surface area contributed by atoms with E-state index in [1.165, 1.54) is 45.3 Å². The van der Waals surface area contributed by atoms with Crippen LogP contribution in [0.4, 0.5) is 0 Å². The molecule has 1 aliphatic carbocycles. The third kappa shape index (κ3) is 4.04. The summed E-state index contributed by atoms with van der Waals surface area (Å²) < 4.78 is 0.